The molecule has 1 saturated heterocycles. The number of benzene rings is 1. The number of ether oxygens (including phenoxy) is 2. The molecule has 2 aliphatic heterocycles. The number of fused-ring (bicyclic) bond motifs is 1. The van der Waals surface area contributed by atoms with Crippen molar-refractivity contribution in [2.45, 2.75) is 12.8 Å². The topological polar surface area (TPSA) is 67.9 Å². The molecule has 1 atom stereocenters. The van der Waals surface area contributed by atoms with E-state index in [4.69, 9.17) is 9.47 Å². The van der Waals surface area contributed by atoms with Gasteiger partial charge in [0.2, 0.25) is 5.91 Å². The minimum absolute atomic E-state index is 0.138. The van der Waals surface area contributed by atoms with E-state index in [0.717, 1.165) is 13.0 Å². The van der Waals surface area contributed by atoms with Gasteiger partial charge in [0.05, 0.1) is 5.56 Å². The van der Waals surface area contributed by atoms with Crippen LogP contribution in [0.15, 0.2) is 18.2 Å². The molecule has 6 nitrogen and oxygen atoms in total. The molecule has 1 N–H and O–H groups in total. The monoisotopic (exact) mass is 304 g/mol. The lowest BCUT2D eigenvalue weighted by molar-refractivity contribution is -0.133. The lowest BCUT2D eigenvalue weighted by Gasteiger charge is -2.28. The molecule has 1 unspecified atom stereocenters. The molecular formula is C16H20N2O4. The first-order chi connectivity index (χ1) is 10.6. The molecule has 0 aromatic heterocycles. The molecule has 118 valence electrons. The lowest BCUT2D eigenvalue weighted by Crippen LogP contribution is -2.40. The highest BCUT2D eigenvalue weighted by molar-refractivity contribution is 5.97. The van der Waals surface area contributed by atoms with E-state index in [0.29, 0.717) is 43.2 Å². The van der Waals surface area contributed by atoms with E-state index in [-0.39, 0.29) is 17.7 Å². The fourth-order valence-electron chi connectivity index (χ4n) is 2.76. The summed E-state index contributed by atoms with van der Waals surface area (Å²) < 4.78 is 11.0. The Morgan fingerprint density at radius 3 is 3.00 bits per heavy atom. The summed E-state index contributed by atoms with van der Waals surface area (Å²) in [6, 6.07) is 5.30. The maximum Gasteiger partial charge on any atom is 0.255 e. The number of hydrogen-bond acceptors (Lipinski definition) is 4. The first-order valence-corrected chi connectivity index (χ1v) is 7.56. The van der Waals surface area contributed by atoms with Crippen LogP contribution in [0.5, 0.6) is 11.5 Å². The van der Waals surface area contributed by atoms with Crippen LogP contribution in [0.1, 0.15) is 23.2 Å². The average Bonchev–Trinajstić information content (AvgIpc) is 2.55. The Hall–Kier alpha value is -2.24. The summed E-state index contributed by atoms with van der Waals surface area (Å²) in [5.74, 6) is 1.26. The zero-order valence-electron chi connectivity index (χ0n) is 12.6. The minimum atomic E-state index is -0.186. The van der Waals surface area contributed by atoms with Crippen LogP contribution in [0.3, 0.4) is 0 Å². The Bertz CT molecular complexity index is 588. The Balaban J connectivity index is 1.62. The number of carbonyl (C=O) groups is 2. The first-order valence-electron chi connectivity index (χ1n) is 7.56. The number of amides is 2. The summed E-state index contributed by atoms with van der Waals surface area (Å²) >= 11 is 0. The van der Waals surface area contributed by atoms with E-state index in [2.05, 4.69) is 5.32 Å². The van der Waals surface area contributed by atoms with Crippen molar-refractivity contribution in [1.82, 2.24) is 10.2 Å². The Kier molecular flexibility index (Phi) is 4.18. The molecule has 2 amide bonds. The summed E-state index contributed by atoms with van der Waals surface area (Å²) in [7, 11) is 1.81. The molecule has 0 spiro atoms. The number of nitrogens with zero attached hydrogens (tertiary/aromatic N) is 1. The SMILES string of the molecule is CN1CCC(CNC(=O)c2cccc3c2OCCO3)CC1=O. The number of piperidine rings is 1. The van der Waals surface area contributed by atoms with Crippen molar-refractivity contribution in [1.29, 1.82) is 0 Å². The quantitative estimate of drug-likeness (QED) is 0.906. The maximum atomic E-state index is 12.4. The smallest absolute Gasteiger partial charge is 0.255 e. The highest BCUT2D eigenvalue weighted by atomic mass is 16.6. The maximum absolute atomic E-state index is 12.4. The summed E-state index contributed by atoms with van der Waals surface area (Å²) in [5, 5.41) is 2.91. The second-order valence-corrected chi connectivity index (χ2v) is 5.71. The van der Waals surface area contributed by atoms with E-state index in [9.17, 15) is 9.59 Å². The number of nitrogens with one attached hydrogen (secondary N) is 1. The molecular weight excluding hydrogens is 284 g/mol. The van der Waals surface area contributed by atoms with Crippen LogP contribution < -0.4 is 14.8 Å². The Morgan fingerprint density at radius 1 is 1.36 bits per heavy atom. The largest absolute Gasteiger partial charge is 0.486 e. The normalized spacial score (nSPS) is 20.7. The molecule has 1 fully saturated rings. The second-order valence-electron chi connectivity index (χ2n) is 5.71. The number of rotatable bonds is 3. The molecule has 0 radical (unpaired) electrons. The van der Waals surface area contributed by atoms with Crippen molar-refractivity contribution >= 4 is 11.8 Å². The van der Waals surface area contributed by atoms with Gasteiger partial charge in [-0.25, -0.2) is 0 Å². The highest BCUT2D eigenvalue weighted by Crippen LogP contribution is 2.33. The van der Waals surface area contributed by atoms with Crippen LogP contribution in [-0.4, -0.2) is 50.1 Å². The van der Waals surface area contributed by atoms with Crippen LogP contribution in [0.4, 0.5) is 0 Å². The van der Waals surface area contributed by atoms with Gasteiger partial charge in [-0.05, 0) is 24.5 Å². The Labute approximate surface area is 129 Å². The van der Waals surface area contributed by atoms with Gasteiger partial charge < -0.3 is 19.7 Å². The van der Waals surface area contributed by atoms with Gasteiger partial charge in [-0.15, -0.1) is 0 Å². The molecule has 22 heavy (non-hydrogen) atoms. The molecule has 1 aromatic carbocycles. The molecule has 2 heterocycles. The standard InChI is InChI=1S/C16H20N2O4/c1-18-6-5-11(9-14(18)19)10-17-16(20)12-3-2-4-13-15(12)22-8-7-21-13/h2-4,11H,5-10H2,1H3,(H,17,20). The van der Waals surface area contributed by atoms with Crippen molar-refractivity contribution < 1.29 is 19.1 Å². The minimum Gasteiger partial charge on any atom is -0.486 e. The van der Waals surface area contributed by atoms with Crippen LogP contribution >= 0.6 is 0 Å². The van der Waals surface area contributed by atoms with Crippen molar-refractivity contribution in [3.8, 4) is 11.5 Å². The summed E-state index contributed by atoms with van der Waals surface area (Å²) in [4.78, 5) is 25.8. The van der Waals surface area contributed by atoms with E-state index in [1.165, 1.54) is 0 Å². The van der Waals surface area contributed by atoms with Gasteiger partial charge in [0.1, 0.15) is 13.2 Å². The van der Waals surface area contributed by atoms with Gasteiger partial charge in [0.15, 0.2) is 11.5 Å². The van der Waals surface area contributed by atoms with E-state index < -0.39 is 0 Å². The van der Waals surface area contributed by atoms with Gasteiger partial charge in [-0.3, -0.25) is 9.59 Å². The molecule has 0 saturated carbocycles. The van der Waals surface area contributed by atoms with Crippen LogP contribution in [0, 0.1) is 5.92 Å². The summed E-state index contributed by atoms with van der Waals surface area (Å²) in [6.45, 7) is 2.19. The third-order valence-electron chi connectivity index (χ3n) is 4.12. The molecule has 6 heteroatoms. The fourth-order valence-corrected chi connectivity index (χ4v) is 2.76. The van der Waals surface area contributed by atoms with Crippen molar-refractivity contribution in [3.05, 3.63) is 23.8 Å². The number of likely N-dealkylation sites (tertiary alicyclic amines) is 1. The molecule has 0 aliphatic carbocycles. The van der Waals surface area contributed by atoms with Crippen LogP contribution in [0.2, 0.25) is 0 Å². The summed E-state index contributed by atoms with van der Waals surface area (Å²) in [5.41, 5.74) is 0.483. The summed E-state index contributed by atoms with van der Waals surface area (Å²) in [6.07, 6.45) is 1.40. The highest BCUT2D eigenvalue weighted by Gasteiger charge is 2.25. The zero-order valence-corrected chi connectivity index (χ0v) is 12.6. The van der Waals surface area contributed by atoms with Crippen molar-refractivity contribution in [2.24, 2.45) is 5.92 Å². The van der Waals surface area contributed by atoms with Crippen LogP contribution in [-0.2, 0) is 4.79 Å². The van der Waals surface area contributed by atoms with Gasteiger partial charge >= 0.3 is 0 Å². The fraction of sp³-hybridized carbons (Fsp3) is 0.500. The Morgan fingerprint density at radius 2 is 2.18 bits per heavy atom. The number of para-hydroxylation sites is 1. The molecule has 0 bridgehead atoms. The van der Waals surface area contributed by atoms with Gasteiger partial charge in [0, 0.05) is 26.6 Å². The predicted octanol–water partition coefficient (Wildman–Crippen LogP) is 1.06. The van der Waals surface area contributed by atoms with Crippen molar-refractivity contribution in [2.75, 3.05) is 33.4 Å². The molecule has 3 rings (SSSR count). The van der Waals surface area contributed by atoms with E-state index in [1.54, 1.807) is 23.1 Å². The van der Waals surface area contributed by atoms with Gasteiger partial charge in [-0.2, -0.15) is 0 Å². The molecule has 2 aliphatic rings. The van der Waals surface area contributed by atoms with Gasteiger partial charge in [-0.1, -0.05) is 6.07 Å². The average molecular weight is 304 g/mol. The lowest BCUT2D eigenvalue weighted by atomic mass is 9.96. The van der Waals surface area contributed by atoms with E-state index in [1.807, 2.05) is 7.05 Å². The first kappa shape index (κ1) is 14.7. The number of hydrogen-bond donors (Lipinski definition) is 1. The zero-order chi connectivity index (χ0) is 15.5. The van der Waals surface area contributed by atoms with Crippen molar-refractivity contribution in [3.63, 3.8) is 0 Å². The third-order valence-corrected chi connectivity index (χ3v) is 4.12. The van der Waals surface area contributed by atoms with E-state index >= 15 is 0 Å². The van der Waals surface area contributed by atoms with Gasteiger partial charge in [0.25, 0.3) is 5.91 Å². The number of carbonyl (C=O) groups excluding carboxylic acids is 2. The second kappa shape index (κ2) is 6.25. The van der Waals surface area contributed by atoms with Crippen LogP contribution in [0.25, 0.3) is 0 Å². The molecule has 1 aromatic rings. The third kappa shape index (κ3) is 3.00. The predicted molar refractivity (Wildman–Crippen MR) is 80.1 cm³/mol.